The maximum atomic E-state index is 12.9. The molecule has 1 aromatic heterocycles. The van der Waals surface area contributed by atoms with Crippen molar-refractivity contribution >= 4 is 32.5 Å². The second-order valence-electron chi connectivity index (χ2n) is 12.1. The summed E-state index contributed by atoms with van der Waals surface area (Å²) in [4.78, 5) is 38.5. The van der Waals surface area contributed by atoms with Crippen molar-refractivity contribution < 1.29 is 47.8 Å². The molecule has 48 heavy (non-hydrogen) atoms. The lowest BCUT2D eigenvalue weighted by molar-refractivity contribution is -0.296. The summed E-state index contributed by atoms with van der Waals surface area (Å²) in [6, 6.07) is 15.1. The third-order valence-corrected chi connectivity index (χ3v) is 8.59. The van der Waals surface area contributed by atoms with Gasteiger partial charge in [0.05, 0.1) is 25.7 Å². The largest absolute Gasteiger partial charge is 0.496 e. The van der Waals surface area contributed by atoms with E-state index in [4.69, 9.17) is 14.2 Å². The maximum Gasteiger partial charge on any atom is 0.335 e. The van der Waals surface area contributed by atoms with Crippen LogP contribution in [-0.2, 0) is 29.7 Å². The molecule has 0 spiro atoms. The van der Waals surface area contributed by atoms with Crippen LogP contribution in [0.5, 0.6) is 5.75 Å². The molecule has 1 fully saturated rings. The van der Waals surface area contributed by atoms with E-state index in [1.54, 1.807) is 56.3 Å². The summed E-state index contributed by atoms with van der Waals surface area (Å²) >= 11 is 0. The Morgan fingerprint density at radius 1 is 1.00 bits per heavy atom. The van der Waals surface area contributed by atoms with E-state index in [0.717, 1.165) is 17.0 Å². The minimum Gasteiger partial charge on any atom is -0.496 e. The van der Waals surface area contributed by atoms with Gasteiger partial charge in [-0.1, -0.05) is 32.0 Å². The Balaban J connectivity index is 1.60. The van der Waals surface area contributed by atoms with E-state index in [1.807, 2.05) is 6.07 Å². The number of carboxylic acid groups (broad SMARTS) is 1. The van der Waals surface area contributed by atoms with Crippen molar-refractivity contribution in [2.75, 3.05) is 24.7 Å². The standard InChI is InChI=1S/C32H35N3O12S/c1-32(2,15-46-30-26(39)24(37)25(38)28(47-30)29(40)41)22-14-20(35-10-9-23(36)33-31(35)42)13-21(27(22)45-3)18-6-5-17-12-19(34-48(4,43)44)8-7-16(17)11-18/h5-14,24-26,28,30,34,37-39H,15H2,1-4H3,(H,40,41)(H,33,36,42)/t24-,25-,26+,28-,30+/m0/s1. The predicted octanol–water partition coefficient (Wildman–Crippen LogP) is 0.912. The first-order valence-electron chi connectivity index (χ1n) is 14.6. The highest BCUT2D eigenvalue weighted by Gasteiger charge is 2.48. The van der Waals surface area contributed by atoms with Gasteiger partial charge in [-0.05, 0) is 46.7 Å². The van der Waals surface area contributed by atoms with Gasteiger partial charge >= 0.3 is 11.7 Å². The summed E-state index contributed by atoms with van der Waals surface area (Å²) in [6.45, 7) is 3.30. The zero-order valence-electron chi connectivity index (χ0n) is 26.3. The summed E-state index contributed by atoms with van der Waals surface area (Å²) in [5.41, 5.74) is 0.148. The van der Waals surface area contributed by atoms with Crippen molar-refractivity contribution in [3.8, 4) is 22.6 Å². The van der Waals surface area contributed by atoms with E-state index in [0.29, 0.717) is 33.8 Å². The van der Waals surface area contributed by atoms with Gasteiger partial charge in [-0.3, -0.25) is 19.1 Å². The number of methoxy groups -OCH3 is 1. The Hall–Kier alpha value is -4.58. The molecule has 0 aliphatic carbocycles. The number of anilines is 1. The summed E-state index contributed by atoms with van der Waals surface area (Å²) in [7, 11) is -2.03. The number of hydrogen-bond acceptors (Lipinski definition) is 11. The molecule has 1 aliphatic heterocycles. The number of H-pyrrole nitrogens is 1. The smallest absolute Gasteiger partial charge is 0.335 e. The quantitative estimate of drug-likeness (QED) is 0.137. The first-order chi connectivity index (χ1) is 22.5. The van der Waals surface area contributed by atoms with Crippen molar-refractivity contribution in [3.05, 3.63) is 87.2 Å². The third-order valence-electron chi connectivity index (χ3n) is 7.98. The molecule has 0 unspecified atom stereocenters. The van der Waals surface area contributed by atoms with E-state index in [9.17, 15) is 43.2 Å². The summed E-state index contributed by atoms with van der Waals surface area (Å²) in [6.07, 6.45) is -6.58. The van der Waals surface area contributed by atoms with E-state index < -0.39 is 63.4 Å². The number of aliphatic carboxylic acids is 1. The predicted molar refractivity (Wildman–Crippen MR) is 174 cm³/mol. The Labute approximate surface area is 274 Å². The van der Waals surface area contributed by atoms with Crippen LogP contribution in [0.3, 0.4) is 0 Å². The van der Waals surface area contributed by atoms with E-state index >= 15 is 0 Å². The topological polar surface area (TPSA) is 227 Å². The highest BCUT2D eigenvalue weighted by atomic mass is 32.2. The monoisotopic (exact) mass is 685 g/mol. The number of rotatable bonds is 10. The summed E-state index contributed by atoms with van der Waals surface area (Å²) < 4.78 is 44.2. The fourth-order valence-corrected chi connectivity index (χ4v) is 6.11. The fourth-order valence-electron chi connectivity index (χ4n) is 5.56. The van der Waals surface area contributed by atoms with Gasteiger partial charge in [-0.15, -0.1) is 0 Å². The third kappa shape index (κ3) is 7.13. The minimum atomic E-state index is -3.49. The lowest BCUT2D eigenvalue weighted by atomic mass is 9.82. The molecule has 5 rings (SSSR count). The maximum absolute atomic E-state index is 12.9. The number of carbonyl (C=O) groups is 1. The number of ether oxygens (including phenoxy) is 3. The molecular formula is C32H35N3O12S. The molecule has 5 atom stereocenters. The first kappa shape index (κ1) is 34.7. The van der Waals surface area contributed by atoms with Crippen molar-refractivity contribution in [2.45, 2.75) is 50.0 Å². The fraction of sp³-hybridized carbons (Fsp3) is 0.344. The zero-order valence-corrected chi connectivity index (χ0v) is 27.1. The van der Waals surface area contributed by atoms with Crippen LogP contribution in [0.4, 0.5) is 5.69 Å². The average molecular weight is 686 g/mol. The number of fused-ring (bicyclic) bond motifs is 1. The van der Waals surface area contributed by atoms with Crippen LogP contribution in [0.25, 0.3) is 27.6 Å². The van der Waals surface area contributed by atoms with Gasteiger partial charge in [0.25, 0.3) is 5.56 Å². The van der Waals surface area contributed by atoms with Gasteiger partial charge in [0.1, 0.15) is 24.1 Å². The molecule has 2 heterocycles. The number of nitrogens with zero attached hydrogens (tertiary/aromatic N) is 1. The van der Waals surface area contributed by atoms with Crippen LogP contribution in [0.2, 0.25) is 0 Å². The van der Waals surface area contributed by atoms with Gasteiger partial charge in [-0.25, -0.2) is 18.0 Å². The van der Waals surface area contributed by atoms with Crippen LogP contribution in [-0.4, -0.2) is 95.0 Å². The van der Waals surface area contributed by atoms with Crippen molar-refractivity contribution in [3.63, 3.8) is 0 Å². The Morgan fingerprint density at radius 3 is 2.33 bits per heavy atom. The molecule has 256 valence electrons. The van der Waals surface area contributed by atoms with Crippen LogP contribution in [0.15, 0.2) is 70.4 Å². The average Bonchev–Trinajstić information content (AvgIpc) is 3.01. The summed E-state index contributed by atoms with van der Waals surface area (Å²) in [5, 5.41) is 41.7. The van der Waals surface area contributed by atoms with E-state index in [2.05, 4.69) is 9.71 Å². The van der Waals surface area contributed by atoms with Crippen LogP contribution in [0, 0.1) is 0 Å². The molecule has 4 aromatic rings. The lowest BCUT2D eigenvalue weighted by Crippen LogP contribution is -2.60. The molecular weight excluding hydrogens is 650 g/mol. The number of aromatic nitrogens is 2. The second kappa shape index (κ2) is 13.1. The molecule has 16 heteroatoms. The number of aliphatic hydroxyl groups is 3. The highest BCUT2D eigenvalue weighted by molar-refractivity contribution is 7.92. The number of hydrogen-bond donors (Lipinski definition) is 6. The van der Waals surface area contributed by atoms with Crippen molar-refractivity contribution in [1.29, 1.82) is 0 Å². The van der Waals surface area contributed by atoms with Gasteiger partial charge in [-0.2, -0.15) is 0 Å². The number of aromatic amines is 1. The lowest BCUT2D eigenvalue weighted by Gasteiger charge is -2.40. The number of benzene rings is 3. The molecule has 0 saturated carbocycles. The second-order valence-corrected chi connectivity index (χ2v) is 13.9. The van der Waals surface area contributed by atoms with Crippen molar-refractivity contribution in [2.24, 2.45) is 0 Å². The molecule has 1 aliphatic rings. The minimum absolute atomic E-state index is 0.225. The molecule has 0 radical (unpaired) electrons. The molecule has 0 amide bonds. The number of nitrogens with one attached hydrogen (secondary N) is 2. The molecule has 1 saturated heterocycles. The normalized spacial score (nSPS) is 21.6. The highest BCUT2D eigenvalue weighted by Crippen LogP contribution is 2.42. The van der Waals surface area contributed by atoms with Gasteiger partial charge in [0, 0.05) is 34.5 Å². The molecule has 15 nitrogen and oxygen atoms in total. The number of sulfonamides is 1. The van der Waals surface area contributed by atoms with Gasteiger partial charge in [0.15, 0.2) is 12.4 Å². The van der Waals surface area contributed by atoms with E-state index in [1.165, 1.54) is 23.9 Å². The number of aliphatic hydroxyl groups excluding tert-OH is 3. The molecule has 6 N–H and O–H groups in total. The first-order valence-corrected chi connectivity index (χ1v) is 16.5. The van der Waals surface area contributed by atoms with Gasteiger partial charge < -0.3 is 34.6 Å². The molecule has 3 aromatic carbocycles. The SMILES string of the molecule is COc1c(-c2ccc3cc(NS(C)(=O)=O)ccc3c2)cc(-n2ccc(=O)[nH]c2=O)cc1C(C)(C)CO[C@@H]1O[C@H](C(=O)O)[C@@H](O)[C@H](O)[C@H]1O. The number of carboxylic acids is 1. The van der Waals surface area contributed by atoms with Crippen LogP contribution in [0.1, 0.15) is 19.4 Å². The van der Waals surface area contributed by atoms with Gasteiger partial charge in [0.2, 0.25) is 10.0 Å². The van der Waals surface area contributed by atoms with Crippen LogP contribution < -0.4 is 20.7 Å². The molecule has 0 bridgehead atoms. The summed E-state index contributed by atoms with van der Waals surface area (Å²) in [5.74, 6) is -1.17. The van der Waals surface area contributed by atoms with E-state index in [-0.39, 0.29) is 6.61 Å². The Bertz CT molecular complexity index is 2090. The zero-order chi connectivity index (χ0) is 35.1. The van der Waals surface area contributed by atoms with Crippen LogP contribution >= 0.6 is 0 Å². The Kier molecular flexibility index (Phi) is 9.51. The Morgan fingerprint density at radius 2 is 1.69 bits per heavy atom. The van der Waals surface area contributed by atoms with Crippen molar-refractivity contribution in [1.82, 2.24) is 9.55 Å².